The van der Waals surface area contributed by atoms with Crippen molar-refractivity contribution in [3.8, 4) is 11.8 Å². The molecule has 0 atom stereocenters. The van der Waals surface area contributed by atoms with Crippen LogP contribution in [0.2, 0.25) is 5.02 Å². The van der Waals surface area contributed by atoms with E-state index in [0.717, 1.165) is 4.31 Å². The zero-order valence-electron chi connectivity index (χ0n) is 12.9. The van der Waals surface area contributed by atoms with Gasteiger partial charge < -0.3 is 4.74 Å². The van der Waals surface area contributed by atoms with Gasteiger partial charge in [-0.3, -0.25) is 0 Å². The van der Waals surface area contributed by atoms with Gasteiger partial charge in [0, 0.05) is 14.1 Å². The van der Waals surface area contributed by atoms with Gasteiger partial charge >= 0.3 is 5.97 Å². The third-order valence-electron chi connectivity index (χ3n) is 3.13. The first-order chi connectivity index (χ1) is 11.3. The zero-order valence-corrected chi connectivity index (χ0v) is 14.4. The second-order valence-corrected chi connectivity index (χ2v) is 7.52. The molecule has 0 aliphatic rings. The van der Waals surface area contributed by atoms with E-state index in [1.807, 2.05) is 6.07 Å². The second kappa shape index (κ2) is 7.01. The Kier molecular flexibility index (Phi) is 5.24. The summed E-state index contributed by atoms with van der Waals surface area (Å²) in [6.07, 6.45) is 0. The average Bonchev–Trinajstić information content (AvgIpc) is 2.56. The molecule has 2 aromatic rings. The predicted octanol–water partition coefficient (Wildman–Crippen LogP) is 2.68. The number of benzene rings is 2. The van der Waals surface area contributed by atoms with Crippen molar-refractivity contribution in [3.05, 3.63) is 58.6 Å². The van der Waals surface area contributed by atoms with E-state index < -0.39 is 16.0 Å². The van der Waals surface area contributed by atoms with E-state index in [9.17, 15) is 13.2 Å². The normalized spacial score (nSPS) is 11.1. The minimum absolute atomic E-state index is 0.0699. The molecule has 2 rings (SSSR count). The number of sulfonamides is 1. The Morgan fingerprint density at radius 2 is 1.79 bits per heavy atom. The summed E-state index contributed by atoms with van der Waals surface area (Å²) < 4.78 is 30.2. The fraction of sp³-hybridized carbons (Fsp3) is 0.125. The molecule has 8 heteroatoms. The number of ether oxygens (including phenoxy) is 1. The molecule has 2 aromatic carbocycles. The molecule has 24 heavy (non-hydrogen) atoms. The van der Waals surface area contributed by atoms with Crippen molar-refractivity contribution in [3.63, 3.8) is 0 Å². The molecule has 0 amide bonds. The molecule has 6 nitrogen and oxygen atoms in total. The van der Waals surface area contributed by atoms with Crippen LogP contribution in [0.3, 0.4) is 0 Å². The van der Waals surface area contributed by atoms with Gasteiger partial charge in [-0.15, -0.1) is 0 Å². The van der Waals surface area contributed by atoms with Crippen molar-refractivity contribution in [1.82, 2.24) is 4.31 Å². The molecule has 0 aliphatic carbocycles. The van der Waals surface area contributed by atoms with Gasteiger partial charge in [0.1, 0.15) is 5.75 Å². The van der Waals surface area contributed by atoms with Gasteiger partial charge in [0.2, 0.25) is 10.0 Å². The number of carbonyl (C=O) groups excluding carboxylic acids is 1. The number of carbonyl (C=O) groups is 1. The highest BCUT2D eigenvalue weighted by molar-refractivity contribution is 7.89. The van der Waals surface area contributed by atoms with Crippen molar-refractivity contribution in [2.75, 3.05) is 14.1 Å². The summed E-state index contributed by atoms with van der Waals surface area (Å²) in [4.78, 5) is 12.2. The lowest BCUT2D eigenvalue weighted by molar-refractivity contribution is 0.0734. The van der Waals surface area contributed by atoms with E-state index in [2.05, 4.69) is 0 Å². The summed E-state index contributed by atoms with van der Waals surface area (Å²) in [6.45, 7) is 0. The minimum Gasteiger partial charge on any atom is -0.421 e. The van der Waals surface area contributed by atoms with Crippen LogP contribution >= 0.6 is 11.6 Å². The van der Waals surface area contributed by atoms with Crippen LogP contribution in [0.1, 0.15) is 15.9 Å². The van der Waals surface area contributed by atoms with E-state index in [1.165, 1.54) is 56.6 Å². The molecule has 0 radical (unpaired) electrons. The maximum Gasteiger partial charge on any atom is 0.343 e. The van der Waals surface area contributed by atoms with Gasteiger partial charge in [-0.25, -0.2) is 17.5 Å². The number of nitriles is 1. The molecule has 0 aromatic heterocycles. The van der Waals surface area contributed by atoms with Crippen molar-refractivity contribution in [2.24, 2.45) is 0 Å². The molecule has 0 aliphatic heterocycles. The summed E-state index contributed by atoms with van der Waals surface area (Å²) in [7, 11) is -0.721. The van der Waals surface area contributed by atoms with Gasteiger partial charge in [0.15, 0.2) is 0 Å². The quantitative estimate of drug-likeness (QED) is 0.614. The summed E-state index contributed by atoms with van der Waals surface area (Å²) in [5.41, 5.74) is 0.520. The van der Waals surface area contributed by atoms with Gasteiger partial charge in [-0.2, -0.15) is 5.26 Å². The molecular weight excluding hydrogens is 352 g/mol. The van der Waals surface area contributed by atoms with Gasteiger partial charge in [-0.1, -0.05) is 11.6 Å². The third-order valence-corrected chi connectivity index (χ3v) is 5.26. The number of rotatable bonds is 4. The predicted molar refractivity (Wildman–Crippen MR) is 88.4 cm³/mol. The van der Waals surface area contributed by atoms with Crippen LogP contribution in [0.25, 0.3) is 0 Å². The highest BCUT2D eigenvalue weighted by atomic mass is 35.5. The van der Waals surface area contributed by atoms with Gasteiger partial charge in [0.25, 0.3) is 0 Å². The number of hydrogen-bond donors (Lipinski definition) is 0. The Morgan fingerprint density at radius 3 is 2.29 bits per heavy atom. The third kappa shape index (κ3) is 3.74. The molecule has 0 N–H and O–H groups in total. The Bertz CT molecular complexity index is 916. The number of esters is 1. The molecule has 0 unspecified atom stereocenters. The summed E-state index contributed by atoms with van der Waals surface area (Å²) in [5.74, 6) is -0.568. The molecule has 124 valence electrons. The molecule has 0 heterocycles. The number of nitrogens with zero attached hydrogens (tertiary/aromatic N) is 2. The SMILES string of the molecule is CN(C)S(=O)(=O)c1ccc(C(=O)Oc2ccc(C#N)cc2Cl)cc1. The van der Waals surface area contributed by atoms with Crippen molar-refractivity contribution in [1.29, 1.82) is 5.26 Å². The number of halogens is 1. The summed E-state index contributed by atoms with van der Waals surface area (Å²) in [5, 5.41) is 8.91. The van der Waals surface area contributed by atoms with E-state index in [-0.39, 0.29) is 21.2 Å². The van der Waals surface area contributed by atoms with E-state index >= 15 is 0 Å². The average molecular weight is 365 g/mol. The Balaban J connectivity index is 2.21. The monoisotopic (exact) mass is 364 g/mol. The van der Waals surface area contributed by atoms with Crippen molar-refractivity contribution in [2.45, 2.75) is 4.90 Å². The Hall–Kier alpha value is -2.40. The first-order valence-electron chi connectivity index (χ1n) is 6.70. The van der Waals surface area contributed by atoms with Crippen LogP contribution in [0.4, 0.5) is 0 Å². The van der Waals surface area contributed by atoms with E-state index in [0.29, 0.717) is 5.56 Å². The smallest absolute Gasteiger partial charge is 0.343 e. The van der Waals surface area contributed by atoms with Gasteiger partial charge in [0.05, 0.1) is 27.1 Å². The van der Waals surface area contributed by atoms with E-state index in [4.69, 9.17) is 21.6 Å². The number of hydrogen-bond acceptors (Lipinski definition) is 5. The fourth-order valence-corrected chi connectivity index (χ4v) is 2.91. The van der Waals surface area contributed by atoms with Crippen LogP contribution in [-0.4, -0.2) is 32.8 Å². The molecule has 0 saturated carbocycles. The van der Waals surface area contributed by atoms with Crippen LogP contribution < -0.4 is 4.74 Å². The first kappa shape index (κ1) is 17.9. The Labute approximate surface area is 144 Å². The molecule has 0 bridgehead atoms. The fourth-order valence-electron chi connectivity index (χ4n) is 1.79. The van der Waals surface area contributed by atoms with Crippen LogP contribution in [0.15, 0.2) is 47.4 Å². The Morgan fingerprint density at radius 1 is 1.17 bits per heavy atom. The largest absolute Gasteiger partial charge is 0.421 e. The van der Waals surface area contributed by atoms with E-state index in [1.54, 1.807) is 0 Å². The molecular formula is C16H13ClN2O4S. The van der Waals surface area contributed by atoms with Crippen molar-refractivity contribution >= 4 is 27.6 Å². The minimum atomic E-state index is -3.56. The van der Waals surface area contributed by atoms with Gasteiger partial charge in [-0.05, 0) is 42.5 Å². The topological polar surface area (TPSA) is 87.5 Å². The molecule has 0 saturated heterocycles. The maximum atomic E-state index is 12.1. The highest BCUT2D eigenvalue weighted by Crippen LogP contribution is 2.26. The summed E-state index contributed by atoms with van der Waals surface area (Å²) in [6, 6.07) is 11.6. The lowest BCUT2D eigenvalue weighted by atomic mass is 10.2. The van der Waals surface area contributed by atoms with Crippen molar-refractivity contribution < 1.29 is 17.9 Å². The lowest BCUT2D eigenvalue weighted by Crippen LogP contribution is -2.22. The maximum absolute atomic E-state index is 12.1. The summed E-state index contributed by atoms with van der Waals surface area (Å²) >= 11 is 5.95. The van der Waals surface area contributed by atoms with Crippen LogP contribution in [0, 0.1) is 11.3 Å². The van der Waals surface area contributed by atoms with Crippen LogP contribution in [-0.2, 0) is 10.0 Å². The lowest BCUT2D eigenvalue weighted by Gasteiger charge is -2.11. The second-order valence-electron chi connectivity index (χ2n) is 4.96. The molecule has 0 fully saturated rings. The van der Waals surface area contributed by atoms with Crippen LogP contribution in [0.5, 0.6) is 5.75 Å². The standard InChI is InChI=1S/C16H13ClN2O4S/c1-19(2)24(21,22)13-6-4-12(5-7-13)16(20)23-15-8-3-11(10-18)9-14(15)17/h3-9H,1-2H3. The first-order valence-corrected chi connectivity index (χ1v) is 8.52. The highest BCUT2D eigenvalue weighted by Gasteiger charge is 2.18. The molecule has 0 spiro atoms. The zero-order chi connectivity index (χ0) is 17.9.